The number of ether oxygens (including phenoxy) is 2. The van der Waals surface area contributed by atoms with Crippen molar-refractivity contribution in [2.45, 2.75) is 26.4 Å². The molecule has 17 heavy (non-hydrogen) atoms. The molecule has 1 aliphatic heterocycles. The molecule has 0 amide bonds. The average Bonchev–Trinajstić information content (AvgIpc) is 2.29. The average molecular weight is 302 g/mol. The molecule has 2 rings (SSSR count). The van der Waals surface area contributed by atoms with Crippen LogP contribution in [0.2, 0.25) is 0 Å². The lowest BCUT2D eigenvalue weighted by Gasteiger charge is -2.25. The van der Waals surface area contributed by atoms with Gasteiger partial charge in [0.1, 0.15) is 13.2 Å². The molecular weight excluding hydrogens is 286 g/mol. The molecule has 0 aliphatic carbocycles. The van der Waals surface area contributed by atoms with Gasteiger partial charge in [0.2, 0.25) is 0 Å². The topological polar surface area (TPSA) is 53.7 Å². The van der Waals surface area contributed by atoms with E-state index in [-0.39, 0.29) is 0 Å². The van der Waals surface area contributed by atoms with E-state index in [1.165, 1.54) is 0 Å². The van der Waals surface area contributed by atoms with Crippen LogP contribution in [-0.2, 0) is 11.4 Å². The quantitative estimate of drug-likeness (QED) is 0.872. The molecule has 1 aromatic carbocycles. The molecule has 0 unspecified atom stereocenters. The summed E-state index contributed by atoms with van der Waals surface area (Å²) in [7, 11) is 0. The van der Waals surface area contributed by atoms with Crippen molar-refractivity contribution in [3.8, 4) is 11.5 Å². The predicted octanol–water partition coefficient (Wildman–Crippen LogP) is 2.73. The van der Waals surface area contributed by atoms with Gasteiger partial charge in [-0.15, -0.1) is 0 Å². The van der Waals surface area contributed by atoms with Crippen molar-refractivity contribution < 1.29 is 14.3 Å². The molecule has 1 aliphatic rings. The lowest BCUT2D eigenvalue weighted by atomic mass is 9.95. The molecule has 1 aromatic rings. The van der Waals surface area contributed by atoms with Gasteiger partial charge in [-0.2, -0.15) is 0 Å². The predicted molar refractivity (Wildman–Crippen MR) is 68.2 cm³/mol. The molecule has 0 fully saturated rings. The van der Waals surface area contributed by atoms with Crippen molar-refractivity contribution in [1.29, 1.82) is 0 Å². The largest absolute Gasteiger partial charge is 0.486 e. The van der Waals surface area contributed by atoms with Crippen molar-refractivity contribution in [2.24, 2.45) is 5.90 Å². The van der Waals surface area contributed by atoms with Crippen LogP contribution in [0.5, 0.6) is 11.5 Å². The minimum absolute atomic E-state index is 0.313. The van der Waals surface area contributed by atoms with E-state index in [1.54, 1.807) is 0 Å². The monoisotopic (exact) mass is 301 g/mol. The molecule has 0 aromatic heterocycles. The molecular formula is C12H16BrNO3. The Morgan fingerprint density at radius 2 is 2.12 bits per heavy atom. The number of rotatable bonds is 3. The molecule has 5 heteroatoms. The first-order valence-corrected chi connectivity index (χ1v) is 6.37. The molecule has 1 heterocycles. The fraction of sp³-hybridized carbons (Fsp3) is 0.500. The Kier molecular flexibility index (Phi) is 3.91. The zero-order chi connectivity index (χ0) is 12.4. The van der Waals surface area contributed by atoms with Crippen LogP contribution in [0.3, 0.4) is 0 Å². The number of halogens is 1. The van der Waals surface area contributed by atoms with E-state index in [0.717, 1.165) is 27.1 Å². The van der Waals surface area contributed by atoms with E-state index in [2.05, 4.69) is 29.8 Å². The molecule has 4 nitrogen and oxygen atoms in total. The van der Waals surface area contributed by atoms with Gasteiger partial charge in [-0.25, -0.2) is 5.90 Å². The third-order valence-electron chi connectivity index (χ3n) is 2.73. The smallest absolute Gasteiger partial charge is 0.165 e. The summed E-state index contributed by atoms with van der Waals surface area (Å²) in [5.74, 6) is 7.10. The zero-order valence-electron chi connectivity index (χ0n) is 9.96. The third-order valence-corrected chi connectivity index (χ3v) is 3.44. The Bertz CT molecular complexity index is 421. The molecule has 0 spiro atoms. The number of hydrogen-bond acceptors (Lipinski definition) is 4. The van der Waals surface area contributed by atoms with Gasteiger partial charge in [-0.05, 0) is 12.0 Å². The Hall–Kier alpha value is -0.780. The Balaban J connectivity index is 2.58. The van der Waals surface area contributed by atoms with E-state index in [4.69, 9.17) is 20.2 Å². The van der Waals surface area contributed by atoms with Gasteiger partial charge >= 0.3 is 0 Å². The van der Waals surface area contributed by atoms with Gasteiger partial charge in [0.25, 0.3) is 0 Å². The van der Waals surface area contributed by atoms with Crippen LogP contribution in [0.15, 0.2) is 10.5 Å². The molecule has 0 bridgehead atoms. The molecule has 0 saturated carbocycles. The first-order valence-electron chi connectivity index (χ1n) is 5.57. The van der Waals surface area contributed by atoms with Gasteiger partial charge in [0.15, 0.2) is 11.5 Å². The minimum Gasteiger partial charge on any atom is -0.486 e. The second-order valence-electron chi connectivity index (χ2n) is 4.24. The maximum absolute atomic E-state index is 5.72. The van der Waals surface area contributed by atoms with Crippen LogP contribution < -0.4 is 15.4 Å². The van der Waals surface area contributed by atoms with Gasteiger partial charge in [0.05, 0.1) is 6.61 Å². The summed E-state index contributed by atoms with van der Waals surface area (Å²) < 4.78 is 12.3. The lowest BCUT2D eigenvalue weighted by Crippen LogP contribution is -2.18. The molecule has 2 N–H and O–H groups in total. The highest BCUT2D eigenvalue weighted by atomic mass is 79.9. The minimum atomic E-state index is 0.313. The van der Waals surface area contributed by atoms with E-state index >= 15 is 0 Å². The van der Waals surface area contributed by atoms with Crippen molar-refractivity contribution in [2.75, 3.05) is 13.2 Å². The second-order valence-corrected chi connectivity index (χ2v) is 5.09. The van der Waals surface area contributed by atoms with Crippen LogP contribution in [0.4, 0.5) is 0 Å². The van der Waals surface area contributed by atoms with E-state index in [0.29, 0.717) is 25.7 Å². The fourth-order valence-corrected chi connectivity index (χ4v) is 2.59. The van der Waals surface area contributed by atoms with E-state index < -0.39 is 0 Å². The molecule has 0 radical (unpaired) electrons. The Labute approximate surface area is 109 Å². The molecule has 0 saturated heterocycles. The van der Waals surface area contributed by atoms with E-state index in [9.17, 15) is 0 Å². The summed E-state index contributed by atoms with van der Waals surface area (Å²) in [5.41, 5.74) is 2.12. The maximum Gasteiger partial charge on any atom is 0.165 e. The van der Waals surface area contributed by atoms with Crippen LogP contribution in [0.1, 0.15) is 30.9 Å². The highest BCUT2D eigenvalue weighted by Gasteiger charge is 2.23. The summed E-state index contributed by atoms with van der Waals surface area (Å²) >= 11 is 3.52. The summed E-state index contributed by atoms with van der Waals surface area (Å²) in [4.78, 5) is 4.76. The van der Waals surface area contributed by atoms with Crippen molar-refractivity contribution in [1.82, 2.24) is 0 Å². The van der Waals surface area contributed by atoms with E-state index in [1.807, 2.05) is 6.07 Å². The Morgan fingerprint density at radius 1 is 1.41 bits per heavy atom. The standard InChI is InChI=1S/C12H16BrNO3/c1-7(2)11-8(6-17-14)9(13)5-10-12(11)16-4-3-15-10/h5,7H,3-4,6,14H2,1-2H3. The maximum atomic E-state index is 5.72. The first kappa shape index (κ1) is 12.7. The van der Waals surface area contributed by atoms with Gasteiger partial charge in [-0.3, -0.25) is 4.84 Å². The summed E-state index contributed by atoms with van der Waals surface area (Å²) in [6, 6.07) is 1.91. The van der Waals surface area contributed by atoms with Crippen molar-refractivity contribution in [3.63, 3.8) is 0 Å². The SMILES string of the molecule is CC(C)c1c(CON)c(Br)cc2c1OCCO2. The third kappa shape index (κ3) is 2.41. The van der Waals surface area contributed by atoms with Crippen LogP contribution >= 0.6 is 15.9 Å². The first-order chi connectivity index (χ1) is 8.15. The highest BCUT2D eigenvalue weighted by Crippen LogP contribution is 2.43. The number of fused-ring (bicyclic) bond motifs is 1. The van der Waals surface area contributed by atoms with Crippen LogP contribution in [0.25, 0.3) is 0 Å². The number of benzene rings is 1. The van der Waals surface area contributed by atoms with Crippen molar-refractivity contribution in [3.05, 3.63) is 21.7 Å². The highest BCUT2D eigenvalue weighted by molar-refractivity contribution is 9.10. The summed E-state index contributed by atoms with van der Waals surface area (Å²) in [5, 5.41) is 0. The van der Waals surface area contributed by atoms with Crippen LogP contribution in [-0.4, -0.2) is 13.2 Å². The number of nitrogens with two attached hydrogens (primary N) is 1. The van der Waals surface area contributed by atoms with Crippen molar-refractivity contribution >= 4 is 15.9 Å². The number of hydrogen-bond donors (Lipinski definition) is 1. The lowest BCUT2D eigenvalue weighted by molar-refractivity contribution is 0.121. The summed E-state index contributed by atoms with van der Waals surface area (Å²) in [6.45, 7) is 5.74. The normalized spacial score (nSPS) is 14.2. The second kappa shape index (κ2) is 5.25. The van der Waals surface area contributed by atoms with Crippen LogP contribution in [0, 0.1) is 0 Å². The summed E-state index contributed by atoms with van der Waals surface area (Å²) in [6.07, 6.45) is 0. The molecule has 94 valence electrons. The fourth-order valence-electron chi connectivity index (χ4n) is 2.06. The zero-order valence-corrected chi connectivity index (χ0v) is 11.5. The molecule has 0 atom stereocenters. The van der Waals surface area contributed by atoms with Gasteiger partial charge in [0, 0.05) is 15.6 Å². The van der Waals surface area contributed by atoms with Gasteiger partial charge in [-0.1, -0.05) is 29.8 Å². The van der Waals surface area contributed by atoms with Gasteiger partial charge < -0.3 is 9.47 Å². The Morgan fingerprint density at radius 3 is 2.76 bits per heavy atom.